The predicted octanol–water partition coefficient (Wildman–Crippen LogP) is 3.41. The van der Waals surface area contributed by atoms with E-state index in [0.29, 0.717) is 28.5 Å². The van der Waals surface area contributed by atoms with E-state index >= 15 is 0 Å². The zero-order valence-electron chi connectivity index (χ0n) is 8.34. The van der Waals surface area contributed by atoms with Crippen molar-refractivity contribution in [2.75, 3.05) is 13.2 Å². The molecule has 0 amide bonds. The fourth-order valence-electron chi connectivity index (χ4n) is 1.41. The van der Waals surface area contributed by atoms with Crippen LogP contribution in [0.5, 0.6) is 0 Å². The molecule has 1 heterocycles. The second-order valence-electron chi connectivity index (χ2n) is 3.72. The number of halogens is 2. The Morgan fingerprint density at radius 3 is 2.47 bits per heavy atom. The third-order valence-corrected chi connectivity index (χ3v) is 2.60. The topological polar surface area (TPSA) is 21.6 Å². The SMILES string of the molecule is C[C@H]1CN=C(c2cc(Cl)cc(Cl)c2)OC1. The van der Waals surface area contributed by atoms with E-state index < -0.39 is 0 Å². The normalized spacial score (nSPS) is 20.7. The molecule has 1 aliphatic rings. The van der Waals surface area contributed by atoms with Crippen LogP contribution >= 0.6 is 23.2 Å². The van der Waals surface area contributed by atoms with Crippen LogP contribution in [-0.2, 0) is 4.74 Å². The van der Waals surface area contributed by atoms with Gasteiger partial charge in [-0.15, -0.1) is 0 Å². The summed E-state index contributed by atoms with van der Waals surface area (Å²) in [5.41, 5.74) is 0.847. The molecule has 0 aliphatic carbocycles. The molecule has 80 valence electrons. The summed E-state index contributed by atoms with van der Waals surface area (Å²) in [4.78, 5) is 4.34. The Labute approximate surface area is 98.9 Å². The molecule has 0 saturated heterocycles. The zero-order valence-corrected chi connectivity index (χ0v) is 9.85. The van der Waals surface area contributed by atoms with Gasteiger partial charge in [-0.25, -0.2) is 0 Å². The van der Waals surface area contributed by atoms with Crippen LogP contribution in [0.2, 0.25) is 10.0 Å². The molecule has 0 spiro atoms. The Hall–Kier alpha value is -0.730. The van der Waals surface area contributed by atoms with Crippen LogP contribution in [0.25, 0.3) is 0 Å². The van der Waals surface area contributed by atoms with Crippen LogP contribution in [0.1, 0.15) is 12.5 Å². The second kappa shape index (κ2) is 4.42. The van der Waals surface area contributed by atoms with E-state index in [9.17, 15) is 0 Å². The molecule has 0 N–H and O–H groups in total. The lowest BCUT2D eigenvalue weighted by Gasteiger charge is -2.19. The second-order valence-corrected chi connectivity index (χ2v) is 4.59. The van der Waals surface area contributed by atoms with E-state index in [-0.39, 0.29) is 0 Å². The van der Waals surface area contributed by atoms with Gasteiger partial charge in [0, 0.05) is 28.1 Å². The van der Waals surface area contributed by atoms with Crippen LogP contribution in [0.15, 0.2) is 23.2 Å². The van der Waals surface area contributed by atoms with Crippen LogP contribution < -0.4 is 0 Å². The maximum absolute atomic E-state index is 5.90. The maximum atomic E-state index is 5.90. The Kier molecular flexibility index (Phi) is 3.17. The van der Waals surface area contributed by atoms with Crippen molar-refractivity contribution in [2.24, 2.45) is 10.9 Å². The van der Waals surface area contributed by atoms with Crippen molar-refractivity contribution in [2.45, 2.75) is 6.92 Å². The lowest BCUT2D eigenvalue weighted by Crippen LogP contribution is -2.21. The van der Waals surface area contributed by atoms with E-state index in [1.54, 1.807) is 6.07 Å². The van der Waals surface area contributed by atoms with Gasteiger partial charge in [0.25, 0.3) is 0 Å². The summed E-state index contributed by atoms with van der Waals surface area (Å²) in [5.74, 6) is 1.11. The highest BCUT2D eigenvalue weighted by Gasteiger charge is 2.14. The molecule has 0 radical (unpaired) electrons. The molecule has 0 unspecified atom stereocenters. The first-order chi connectivity index (χ1) is 7.15. The number of aliphatic imine (C=N–C) groups is 1. The molecular formula is C11H11Cl2NO. The van der Waals surface area contributed by atoms with Gasteiger partial charge in [0.2, 0.25) is 5.90 Å². The van der Waals surface area contributed by atoms with E-state index in [4.69, 9.17) is 27.9 Å². The van der Waals surface area contributed by atoms with Gasteiger partial charge >= 0.3 is 0 Å². The quantitative estimate of drug-likeness (QED) is 0.741. The highest BCUT2D eigenvalue weighted by Crippen LogP contribution is 2.21. The Morgan fingerprint density at radius 1 is 1.27 bits per heavy atom. The van der Waals surface area contributed by atoms with Crippen molar-refractivity contribution in [1.29, 1.82) is 0 Å². The van der Waals surface area contributed by atoms with Crippen molar-refractivity contribution in [3.63, 3.8) is 0 Å². The lowest BCUT2D eigenvalue weighted by atomic mass is 10.1. The zero-order chi connectivity index (χ0) is 10.8. The van der Waals surface area contributed by atoms with E-state index in [2.05, 4.69) is 11.9 Å². The summed E-state index contributed by atoms with van der Waals surface area (Å²) >= 11 is 11.8. The Morgan fingerprint density at radius 2 is 1.93 bits per heavy atom. The molecule has 0 saturated carbocycles. The van der Waals surface area contributed by atoms with Gasteiger partial charge in [0.05, 0.1) is 6.61 Å². The largest absolute Gasteiger partial charge is 0.477 e. The highest BCUT2D eigenvalue weighted by molar-refractivity contribution is 6.35. The van der Waals surface area contributed by atoms with E-state index in [0.717, 1.165) is 12.1 Å². The fourth-order valence-corrected chi connectivity index (χ4v) is 1.94. The smallest absolute Gasteiger partial charge is 0.216 e. The van der Waals surface area contributed by atoms with Crippen molar-refractivity contribution < 1.29 is 4.74 Å². The van der Waals surface area contributed by atoms with Crippen LogP contribution in [0.4, 0.5) is 0 Å². The predicted molar refractivity (Wildman–Crippen MR) is 63.0 cm³/mol. The molecule has 1 aromatic carbocycles. The van der Waals surface area contributed by atoms with Crippen molar-refractivity contribution >= 4 is 29.1 Å². The van der Waals surface area contributed by atoms with Gasteiger partial charge in [0.15, 0.2) is 0 Å². The average molecular weight is 244 g/mol. The van der Waals surface area contributed by atoms with Gasteiger partial charge in [0.1, 0.15) is 0 Å². The molecule has 2 rings (SSSR count). The Bertz CT molecular complexity index is 383. The van der Waals surface area contributed by atoms with Crippen molar-refractivity contribution in [3.8, 4) is 0 Å². The molecule has 0 fully saturated rings. The van der Waals surface area contributed by atoms with Crippen molar-refractivity contribution in [1.82, 2.24) is 0 Å². The molecule has 1 aliphatic heterocycles. The summed E-state index contributed by atoms with van der Waals surface area (Å²) in [7, 11) is 0. The standard InChI is InChI=1S/C11H11Cl2NO/c1-7-5-14-11(15-6-7)8-2-9(12)4-10(13)3-8/h2-4,7H,5-6H2,1H3/t7-/m0/s1. The minimum Gasteiger partial charge on any atom is -0.477 e. The first-order valence-electron chi connectivity index (χ1n) is 4.79. The lowest BCUT2D eigenvalue weighted by molar-refractivity contribution is 0.232. The first kappa shape index (κ1) is 10.8. The molecule has 4 heteroatoms. The number of benzene rings is 1. The minimum absolute atomic E-state index is 0.475. The highest BCUT2D eigenvalue weighted by atomic mass is 35.5. The van der Waals surface area contributed by atoms with Crippen LogP contribution in [-0.4, -0.2) is 19.0 Å². The molecular weight excluding hydrogens is 233 g/mol. The third-order valence-electron chi connectivity index (χ3n) is 2.16. The van der Waals surface area contributed by atoms with Crippen LogP contribution in [0, 0.1) is 5.92 Å². The van der Waals surface area contributed by atoms with E-state index in [1.807, 2.05) is 12.1 Å². The summed E-state index contributed by atoms with van der Waals surface area (Å²) in [6.45, 7) is 3.59. The molecule has 0 bridgehead atoms. The maximum Gasteiger partial charge on any atom is 0.216 e. The summed E-state index contributed by atoms with van der Waals surface area (Å²) in [6.07, 6.45) is 0. The summed E-state index contributed by atoms with van der Waals surface area (Å²) in [6, 6.07) is 5.31. The molecule has 2 nitrogen and oxygen atoms in total. The number of hydrogen-bond acceptors (Lipinski definition) is 2. The van der Waals surface area contributed by atoms with Crippen LogP contribution in [0.3, 0.4) is 0 Å². The Balaban J connectivity index is 2.29. The van der Waals surface area contributed by atoms with E-state index in [1.165, 1.54) is 0 Å². The van der Waals surface area contributed by atoms with Gasteiger partial charge in [-0.2, -0.15) is 0 Å². The van der Waals surface area contributed by atoms with Gasteiger partial charge in [-0.3, -0.25) is 4.99 Å². The molecule has 15 heavy (non-hydrogen) atoms. The number of rotatable bonds is 1. The average Bonchev–Trinajstić information content (AvgIpc) is 2.17. The first-order valence-corrected chi connectivity index (χ1v) is 5.54. The van der Waals surface area contributed by atoms with Gasteiger partial charge < -0.3 is 4.74 Å². The third kappa shape index (κ3) is 2.64. The van der Waals surface area contributed by atoms with Gasteiger partial charge in [-0.1, -0.05) is 30.1 Å². The number of ether oxygens (including phenoxy) is 1. The summed E-state index contributed by atoms with van der Waals surface area (Å²) < 4.78 is 5.52. The molecule has 0 aromatic heterocycles. The van der Waals surface area contributed by atoms with Crippen molar-refractivity contribution in [3.05, 3.63) is 33.8 Å². The van der Waals surface area contributed by atoms with Gasteiger partial charge in [-0.05, 0) is 18.2 Å². The fraction of sp³-hybridized carbons (Fsp3) is 0.364. The molecule has 1 aromatic rings. The summed E-state index contributed by atoms with van der Waals surface area (Å²) in [5, 5.41) is 1.20. The monoisotopic (exact) mass is 243 g/mol. The number of nitrogens with zero attached hydrogens (tertiary/aromatic N) is 1. The number of hydrogen-bond donors (Lipinski definition) is 0. The molecule has 1 atom stereocenters. The minimum atomic E-state index is 0.475.